The van der Waals surface area contributed by atoms with Crippen molar-refractivity contribution in [1.29, 1.82) is 0 Å². The Morgan fingerprint density at radius 1 is 1.19 bits per heavy atom. The highest BCUT2D eigenvalue weighted by Gasteiger charge is 2.17. The van der Waals surface area contributed by atoms with Crippen LogP contribution in [0.4, 0.5) is 4.39 Å². The highest BCUT2D eigenvalue weighted by molar-refractivity contribution is 5.86. The first-order valence-electron chi connectivity index (χ1n) is 7.06. The molecule has 21 heavy (non-hydrogen) atoms. The fourth-order valence-electron chi connectivity index (χ4n) is 1.95. The third-order valence-electron chi connectivity index (χ3n) is 3.18. The maximum absolute atomic E-state index is 12.8. The third kappa shape index (κ3) is 6.85. The standard InChI is InChI=1S/C15H22FN3O2/c16-12-7-4-11(5-8-12)6-9-14(20)19-13(15(18)21)3-1-2-10-17/h4-5,7-8,13H,1-3,6,9-10,17H2,(H2,18,21)(H,19,20)/t13-/m0/s1. The first kappa shape index (κ1) is 17.1. The van der Waals surface area contributed by atoms with Crippen LogP contribution in [0.2, 0.25) is 0 Å². The first-order chi connectivity index (χ1) is 10.0. The van der Waals surface area contributed by atoms with Crippen LogP contribution in [0.25, 0.3) is 0 Å². The van der Waals surface area contributed by atoms with E-state index in [9.17, 15) is 14.0 Å². The molecule has 0 saturated carbocycles. The van der Waals surface area contributed by atoms with Crippen molar-refractivity contribution in [3.05, 3.63) is 35.6 Å². The van der Waals surface area contributed by atoms with Crippen LogP contribution in [0.1, 0.15) is 31.2 Å². The number of amides is 2. The molecular formula is C15H22FN3O2. The number of carbonyl (C=O) groups is 2. The number of aryl methyl sites for hydroxylation is 1. The summed E-state index contributed by atoms with van der Waals surface area (Å²) in [5.41, 5.74) is 11.5. The van der Waals surface area contributed by atoms with Crippen molar-refractivity contribution < 1.29 is 14.0 Å². The Hall–Kier alpha value is -1.95. The van der Waals surface area contributed by atoms with E-state index in [0.717, 1.165) is 18.4 Å². The van der Waals surface area contributed by atoms with Gasteiger partial charge in [0.1, 0.15) is 11.9 Å². The van der Waals surface area contributed by atoms with E-state index in [4.69, 9.17) is 11.5 Å². The monoisotopic (exact) mass is 295 g/mol. The second-order valence-electron chi connectivity index (χ2n) is 4.93. The van der Waals surface area contributed by atoms with E-state index in [2.05, 4.69) is 5.32 Å². The summed E-state index contributed by atoms with van der Waals surface area (Å²) in [6, 6.07) is 5.32. The van der Waals surface area contributed by atoms with Gasteiger partial charge in [0, 0.05) is 6.42 Å². The quantitative estimate of drug-likeness (QED) is 0.589. The van der Waals surface area contributed by atoms with E-state index in [1.54, 1.807) is 12.1 Å². The Bertz CT molecular complexity index is 462. The fraction of sp³-hybridized carbons (Fsp3) is 0.467. The van der Waals surface area contributed by atoms with Gasteiger partial charge in [-0.15, -0.1) is 0 Å². The normalized spacial score (nSPS) is 11.9. The van der Waals surface area contributed by atoms with Gasteiger partial charge in [0.15, 0.2) is 0 Å². The maximum Gasteiger partial charge on any atom is 0.239 e. The minimum absolute atomic E-state index is 0.228. The molecular weight excluding hydrogens is 273 g/mol. The van der Waals surface area contributed by atoms with Gasteiger partial charge in [-0.3, -0.25) is 9.59 Å². The molecule has 2 amide bonds. The van der Waals surface area contributed by atoms with Gasteiger partial charge in [-0.05, 0) is 49.9 Å². The molecule has 0 bridgehead atoms. The molecule has 5 N–H and O–H groups in total. The van der Waals surface area contributed by atoms with Gasteiger partial charge in [0.25, 0.3) is 0 Å². The van der Waals surface area contributed by atoms with Crippen molar-refractivity contribution in [2.75, 3.05) is 6.54 Å². The molecule has 1 atom stereocenters. The molecule has 0 aromatic heterocycles. The zero-order valence-corrected chi connectivity index (χ0v) is 12.0. The third-order valence-corrected chi connectivity index (χ3v) is 3.18. The van der Waals surface area contributed by atoms with Crippen LogP contribution in [0.5, 0.6) is 0 Å². The number of primary amides is 1. The molecule has 0 radical (unpaired) electrons. The van der Waals surface area contributed by atoms with Crippen molar-refractivity contribution in [3.63, 3.8) is 0 Å². The number of nitrogens with one attached hydrogen (secondary N) is 1. The Balaban J connectivity index is 2.39. The SMILES string of the molecule is NCCCC[C@H](NC(=O)CCc1ccc(F)cc1)C(N)=O. The molecule has 0 heterocycles. The molecule has 0 unspecified atom stereocenters. The summed E-state index contributed by atoms with van der Waals surface area (Å²) in [4.78, 5) is 23.1. The fourth-order valence-corrected chi connectivity index (χ4v) is 1.95. The molecule has 0 fully saturated rings. The van der Waals surface area contributed by atoms with Crippen molar-refractivity contribution in [1.82, 2.24) is 5.32 Å². The van der Waals surface area contributed by atoms with Gasteiger partial charge < -0.3 is 16.8 Å². The zero-order chi connectivity index (χ0) is 15.7. The molecule has 0 aliphatic rings. The summed E-state index contributed by atoms with van der Waals surface area (Å²) >= 11 is 0. The van der Waals surface area contributed by atoms with Crippen LogP contribution in [-0.4, -0.2) is 24.4 Å². The number of carbonyl (C=O) groups excluding carboxylic acids is 2. The smallest absolute Gasteiger partial charge is 0.239 e. The summed E-state index contributed by atoms with van der Waals surface area (Å²) in [6.07, 6.45) is 2.74. The molecule has 6 heteroatoms. The molecule has 116 valence electrons. The number of hydrogen-bond donors (Lipinski definition) is 3. The lowest BCUT2D eigenvalue weighted by atomic mass is 10.1. The summed E-state index contributed by atoms with van der Waals surface area (Å²) in [7, 11) is 0. The number of unbranched alkanes of at least 4 members (excludes halogenated alkanes) is 1. The average molecular weight is 295 g/mol. The second kappa shape index (κ2) is 9.07. The van der Waals surface area contributed by atoms with Crippen LogP contribution < -0.4 is 16.8 Å². The average Bonchev–Trinajstić information content (AvgIpc) is 2.45. The number of halogens is 1. The van der Waals surface area contributed by atoms with E-state index in [0.29, 0.717) is 19.4 Å². The van der Waals surface area contributed by atoms with Crippen molar-refractivity contribution in [2.24, 2.45) is 11.5 Å². The van der Waals surface area contributed by atoms with Crippen molar-refractivity contribution >= 4 is 11.8 Å². The van der Waals surface area contributed by atoms with Crippen molar-refractivity contribution in [2.45, 2.75) is 38.1 Å². The highest BCUT2D eigenvalue weighted by atomic mass is 19.1. The molecule has 0 aliphatic heterocycles. The largest absolute Gasteiger partial charge is 0.368 e. The lowest BCUT2D eigenvalue weighted by molar-refractivity contribution is -0.127. The summed E-state index contributed by atoms with van der Waals surface area (Å²) < 4.78 is 12.8. The molecule has 0 spiro atoms. The second-order valence-corrected chi connectivity index (χ2v) is 4.93. The van der Waals surface area contributed by atoms with Crippen molar-refractivity contribution in [3.8, 4) is 0 Å². The Labute approximate surface area is 123 Å². The van der Waals surface area contributed by atoms with Gasteiger partial charge in [-0.2, -0.15) is 0 Å². The lowest BCUT2D eigenvalue weighted by Gasteiger charge is -2.15. The molecule has 0 saturated heterocycles. The summed E-state index contributed by atoms with van der Waals surface area (Å²) in [6.45, 7) is 0.546. The predicted octanol–water partition coefficient (Wildman–Crippen LogP) is 0.857. The van der Waals surface area contributed by atoms with Crippen LogP contribution >= 0.6 is 0 Å². The minimum Gasteiger partial charge on any atom is -0.368 e. The van der Waals surface area contributed by atoms with E-state index < -0.39 is 11.9 Å². The molecule has 1 aromatic rings. The minimum atomic E-state index is -0.655. The first-order valence-corrected chi connectivity index (χ1v) is 7.06. The van der Waals surface area contributed by atoms with Gasteiger partial charge >= 0.3 is 0 Å². The molecule has 1 rings (SSSR count). The zero-order valence-electron chi connectivity index (χ0n) is 12.0. The van der Waals surface area contributed by atoms with Crippen LogP contribution in [-0.2, 0) is 16.0 Å². The highest BCUT2D eigenvalue weighted by Crippen LogP contribution is 2.06. The maximum atomic E-state index is 12.8. The van der Waals surface area contributed by atoms with Gasteiger partial charge in [0.2, 0.25) is 11.8 Å². The number of nitrogens with two attached hydrogens (primary N) is 2. The molecule has 0 aliphatic carbocycles. The van der Waals surface area contributed by atoms with Gasteiger partial charge in [0.05, 0.1) is 0 Å². The van der Waals surface area contributed by atoms with E-state index in [1.807, 2.05) is 0 Å². The van der Waals surface area contributed by atoms with E-state index >= 15 is 0 Å². The van der Waals surface area contributed by atoms with E-state index in [1.165, 1.54) is 12.1 Å². The number of rotatable bonds is 9. The van der Waals surface area contributed by atoms with Gasteiger partial charge in [-0.25, -0.2) is 4.39 Å². The topological polar surface area (TPSA) is 98.2 Å². The van der Waals surface area contributed by atoms with Crippen LogP contribution in [0, 0.1) is 5.82 Å². The molecule has 1 aromatic carbocycles. The molecule has 5 nitrogen and oxygen atoms in total. The summed E-state index contributed by atoms with van der Waals surface area (Å²) in [5.74, 6) is -1.09. The van der Waals surface area contributed by atoms with Crippen LogP contribution in [0.3, 0.4) is 0 Å². The summed E-state index contributed by atoms with van der Waals surface area (Å²) in [5, 5.41) is 2.63. The van der Waals surface area contributed by atoms with Crippen LogP contribution in [0.15, 0.2) is 24.3 Å². The van der Waals surface area contributed by atoms with E-state index in [-0.39, 0.29) is 18.1 Å². The Morgan fingerprint density at radius 2 is 1.86 bits per heavy atom. The Morgan fingerprint density at radius 3 is 2.43 bits per heavy atom. The number of benzene rings is 1. The van der Waals surface area contributed by atoms with Gasteiger partial charge in [-0.1, -0.05) is 12.1 Å². The lowest BCUT2D eigenvalue weighted by Crippen LogP contribution is -2.44. The predicted molar refractivity (Wildman–Crippen MR) is 78.8 cm³/mol. The Kier molecular flexibility index (Phi) is 7.39. The number of hydrogen-bond acceptors (Lipinski definition) is 3.